The van der Waals surface area contributed by atoms with Gasteiger partial charge in [-0.1, -0.05) is 6.07 Å². The lowest BCUT2D eigenvalue weighted by Gasteiger charge is -2.11. The van der Waals surface area contributed by atoms with Crippen LogP contribution in [0.25, 0.3) is 0 Å². The van der Waals surface area contributed by atoms with Crippen LogP contribution in [-0.4, -0.2) is 11.4 Å². The molecule has 1 nitrogen and oxygen atoms in total. The molecule has 1 aliphatic carbocycles. The van der Waals surface area contributed by atoms with Crippen LogP contribution >= 0.6 is 11.8 Å². The summed E-state index contributed by atoms with van der Waals surface area (Å²) in [6.45, 7) is 0. The number of hydrogen-bond acceptors (Lipinski definition) is 2. The summed E-state index contributed by atoms with van der Waals surface area (Å²) in [4.78, 5) is 0.274. The Labute approximate surface area is 85.1 Å². The Morgan fingerprint density at radius 3 is 2.43 bits per heavy atom. The second kappa shape index (κ2) is 3.21. The number of thioether (sulfide) groups is 1. The quantitative estimate of drug-likeness (QED) is 0.767. The van der Waals surface area contributed by atoms with Crippen molar-refractivity contribution in [3.63, 3.8) is 0 Å². The van der Waals surface area contributed by atoms with E-state index in [0.717, 1.165) is 11.8 Å². The number of rotatable bonds is 2. The van der Waals surface area contributed by atoms with Crippen molar-refractivity contribution >= 4 is 11.8 Å². The van der Waals surface area contributed by atoms with Gasteiger partial charge in [-0.2, -0.15) is 0 Å². The van der Waals surface area contributed by atoms with Crippen molar-refractivity contribution in [2.45, 2.75) is 23.3 Å². The summed E-state index contributed by atoms with van der Waals surface area (Å²) in [6.07, 6.45) is 2.72. The van der Waals surface area contributed by atoms with Crippen molar-refractivity contribution in [3.8, 4) is 0 Å². The van der Waals surface area contributed by atoms with E-state index in [9.17, 15) is 13.9 Å². The summed E-state index contributed by atoms with van der Waals surface area (Å²) < 4.78 is 26.8. The van der Waals surface area contributed by atoms with Gasteiger partial charge in [-0.05, 0) is 25.2 Å². The first kappa shape index (κ1) is 9.93. The molecule has 0 aromatic heterocycles. The van der Waals surface area contributed by atoms with E-state index in [1.807, 2.05) is 0 Å². The Morgan fingerprint density at radius 2 is 1.93 bits per heavy atom. The number of aliphatic hydroxyl groups is 1. The van der Waals surface area contributed by atoms with Crippen LogP contribution in [-0.2, 0) is 5.60 Å². The first-order valence-corrected chi connectivity index (χ1v) is 5.56. The summed E-state index contributed by atoms with van der Waals surface area (Å²) in [5.74, 6) is -1.76. The van der Waals surface area contributed by atoms with Crippen LogP contribution < -0.4 is 0 Å². The summed E-state index contributed by atoms with van der Waals surface area (Å²) in [7, 11) is 0. The smallest absolute Gasteiger partial charge is 0.172 e. The average Bonchev–Trinajstić information content (AvgIpc) is 2.89. The normalized spacial score (nSPS) is 18.3. The minimum absolute atomic E-state index is 0.0906. The highest BCUT2D eigenvalue weighted by Crippen LogP contribution is 2.47. The summed E-state index contributed by atoms with van der Waals surface area (Å²) in [5.41, 5.74) is -1.02. The van der Waals surface area contributed by atoms with Crippen molar-refractivity contribution in [1.82, 2.24) is 0 Å². The second-order valence-electron chi connectivity index (χ2n) is 3.47. The topological polar surface area (TPSA) is 20.2 Å². The molecule has 0 unspecified atom stereocenters. The average molecular weight is 216 g/mol. The highest BCUT2D eigenvalue weighted by atomic mass is 32.2. The molecule has 0 radical (unpaired) electrons. The van der Waals surface area contributed by atoms with Gasteiger partial charge in [0, 0.05) is 10.5 Å². The van der Waals surface area contributed by atoms with Crippen molar-refractivity contribution in [1.29, 1.82) is 0 Å². The molecule has 1 saturated carbocycles. The molecule has 0 atom stereocenters. The molecule has 14 heavy (non-hydrogen) atoms. The molecule has 0 saturated heterocycles. The van der Waals surface area contributed by atoms with Crippen LogP contribution in [0.1, 0.15) is 18.4 Å². The zero-order valence-corrected chi connectivity index (χ0v) is 8.50. The molecule has 1 aliphatic rings. The van der Waals surface area contributed by atoms with Gasteiger partial charge in [0.05, 0.1) is 5.60 Å². The van der Waals surface area contributed by atoms with Gasteiger partial charge in [-0.15, -0.1) is 11.8 Å². The van der Waals surface area contributed by atoms with E-state index in [4.69, 9.17) is 0 Å². The predicted octanol–water partition coefficient (Wildman–Crippen LogP) is 2.67. The van der Waals surface area contributed by atoms with Gasteiger partial charge < -0.3 is 5.11 Å². The SMILES string of the molecule is CSc1ccc(C2(O)CC2)c(F)c1F. The first-order chi connectivity index (χ1) is 6.58. The van der Waals surface area contributed by atoms with Gasteiger partial charge in [-0.25, -0.2) is 8.78 Å². The van der Waals surface area contributed by atoms with E-state index in [1.165, 1.54) is 12.1 Å². The standard InChI is InChI=1S/C10H10F2OS/c1-14-7-3-2-6(8(11)9(7)12)10(13)4-5-10/h2-3,13H,4-5H2,1H3. The molecule has 0 aliphatic heterocycles. The minimum atomic E-state index is -1.11. The van der Waals surface area contributed by atoms with Gasteiger partial charge >= 0.3 is 0 Å². The number of hydrogen-bond donors (Lipinski definition) is 1. The van der Waals surface area contributed by atoms with Crippen LogP contribution in [0.4, 0.5) is 8.78 Å². The van der Waals surface area contributed by atoms with Crippen LogP contribution in [0.3, 0.4) is 0 Å². The van der Waals surface area contributed by atoms with Gasteiger partial charge in [0.25, 0.3) is 0 Å². The molecule has 1 aromatic carbocycles. The van der Waals surface area contributed by atoms with Crippen molar-refractivity contribution in [3.05, 3.63) is 29.3 Å². The molecule has 1 N–H and O–H groups in total. The molecule has 0 bridgehead atoms. The zero-order valence-electron chi connectivity index (χ0n) is 7.68. The number of halogens is 2. The molecule has 4 heteroatoms. The summed E-state index contributed by atoms with van der Waals surface area (Å²) >= 11 is 1.15. The monoisotopic (exact) mass is 216 g/mol. The molecule has 76 valence electrons. The van der Waals surface area contributed by atoms with E-state index < -0.39 is 17.2 Å². The van der Waals surface area contributed by atoms with Gasteiger partial charge in [-0.3, -0.25) is 0 Å². The second-order valence-corrected chi connectivity index (χ2v) is 4.32. The van der Waals surface area contributed by atoms with Crippen molar-refractivity contribution in [2.75, 3.05) is 6.26 Å². The molecular weight excluding hydrogens is 206 g/mol. The highest BCUT2D eigenvalue weighted by Gasteiger charge is 2.44. The molecule has 2 rings (SSSR count). The van der Waals surface area contributed by atoms with Gasteiger partial charge in [0.15, 0.2) is 11.6 Å². The first-order valence-electron chi connectivity index (χ1n) is 4.33. The third-order valence-electron chi connectivity index (χ3n) is 2.49. The lowest BCUT2D eigenvalue weighted by molar-refractivity contribution is 0.145. The van der Waals surface area contributed by atoms with Crippen molar-refractivity contribution in [2.24, 2.45) is 0 Å². The fraction of sp³-hybridized carbons (Fsp3) is 0.400. The highest BCUT2D eigenvalue weighted by molar-refractivity contribution is 7.98. The third kappa shape index (κ3) is 1.42. The summed E-state index contributed by atoms with van der Waals surface area (Å²) in [5, 5.41) is 9.66. The van der Waals surface area contributed by atoms with Gasteiger partial charge in [0.1, 0.15) is 0 Å². The molecule has 0 heterocycles. The molecule has 1 aromatic rings. The van der Waals surface area contributed by atoms with E-state index in [1.54, 1.807) is 6.26 Å². The fourth-order valence-corrected chi connectivity index (χ4v) is 1.91. The summed E-state index contributed by atoms with van der Waals surface area (Å²) in [6, 6.07) is 2.98. The predicted molar refractivity (Wildman–Crippen MR) is 51.3 cm³/mol. The number of benzene rings is 1. The maximum atomic E-state index is 13.4. The molecule has 0 spiro atoms. The van der Waals surface area contributed by atoms with Crippen LogP contribution in [0.2, 0.25) is 0 Å². The third-order valence-corrected chi connectivity index (χ3v) is 3.25. The Balaban J connectivity index is 2.49. The van der Waals surface area contributed by atoms with Gasteiger partial charge in [0.2, 0.25) is 0 Å². The van der Waals surface area contributed by atoms with E-state index in [-0.39, 0.29) is 10.5 Å². The van der Waals surface area contributed by atoms with E-state index in [2.05, 4.69) is 0 Å². The molecular formula is C10H10F2OS. The largest absolute Gasteiger partial charge is 0.385 e. The maximum Gasteiger partial charge on any atom is 0.172 e. The Morgan fingerprint density at radius 1 is 1.29 bits per heavy atom. The van der Waals surface area contributed by atoms with E-state index in [0.29, 0.717) is 12.8 Å². The van der Waals surface area contributed by atoms with Crippen molar-refractivity contribution < 1.29 is 13.9 Å². The van der Waals surface area contributed by atoms with Crippen LogP contribution in [0, 0.1) is 11.6 Å². The molecule has 0 amide bonds. The fourth-order valence-electron chi connectivity index (χ4n) is 1.44. The Hall–Kier alpha value is -0.610. The Kier molecular flexibility index (Phi) is 2.27. The van der Waals surface area contributed by atoms with E-state index >= 15 is 0 Å². The lowest BCUT2D eigenvalue weighted by Crippen LogP contribution is -2.09. The minimum Gasteiger partial charge on any atom is -0.385 e. The Bertz CT molecular complexity index is 375. The van der Waals surface area contributed by atoms with Crippen LogP contribution in [0.5, 0.6) is 0 Å². The zero-order chi connectivity index (χ0) is 10.3. The lowest BCUT2D eigenvalue weighted by atomic mass is 10.1. The van der Waals surface area contributed by atoms with Crippen LogP contribution in [0.15, 0.2) is 17.0 Å². The molecule has 1 fully saturated rings. The maximum absolute atomic E-state index is 13.4.